The van der Waals surface area contributed by atoms with Gasteiger partial charge in [-0.3, -0.25) is 4.79 Å². The van der Waals surface area contributed by atoms with E-state index < -0.39 is 9.84 Å². The Morgan fingerprint density at radius 1 is 1.13 bits per heavy atom. The molecule has 158 valence electrons. The van der Waals surface area contributed by atoms with Crippen LogP contribution in [-0.4, -0.2) is 36.8 Å². The fourth-order valence-electron chi connectivity index (χ4n) is 4.10. The monoisotopic (exact) mass is 425 g/mol. The van der Waals surface area contributed by atoms with Crippen molar-refractivity contribution in [3.8, 4) is 0 Å². The standard InChI is InChI=1S/C24H27NO4S/c1-16(2)19-10-8-18(9-11-19)14-25(20-12-13-30(27,28)15-20)24(26)23-17(3)21-6-4-5-7-22(21)29-23/h4-11,16,20H,12-15H2,1-3H3. The molecule has 30 heavy (non-hydrogen) atoms. The molecule has 0 spiro atoms. The second-order valence-corrected chi connectivity index (χ2v) is 10.7. The minimum absolute atomic E-state index is 0.00208. The SMILES string of the molecule is Cc1c(C(=O)N(Cc2ccc(C(C)C)cc2)C2CCS(=O)(=O)C2)oc2ccccc12. The van der Waals surface area contributed by atoms with Crippen LogP contribution in [0.1, 0.15) is 53.4 Å². The third-order valence-electron chi connectivity index (χ3n) is 5.95. The number of aryl methyl sites for hydroxylation is 1. The van der Waals surface area contributed by atoms with Gasteiger partial charge in [0, 0.05) is 23.5 Å². The van der Waals surface area contributed by atoms with Crippen molar-refractivity contribution in [1.29, 1.82) is 0 Å². The summed E-state index contributed by atoms with van der Waals surface area (Å²) in [5.41, 5.74) is 3.66. The van der Waals surface area contributed by atoms with E-state index in [2.05, 4.69) is 26.0 Å². The van der Waals surface area contributed by atoms with Gasteiger partial charge in [-0.15, -0.1) is 0 Å². The Bertz CT molecular complexity index is 1180. The van der Waals surface area contributed by atoms with E-state index in [-0.39, 0.29) is 23.5 Å². The van der Waals surface area contributed by atoms with Gasteiger partial charge < -0.3 is 9.32 Å². The molecule has 1 atom stereocenters. The van der Waals surface area contributed by atoms with Crippen molar-refractivity contribution in [2.75, 3.05) is 11.5 Å². The summed E-state index contributed by atoms with van der Waals surface area (Å²) in [5.74, 6) is 0.586. The lowest BCUT2D eigenvalue weighted by atomic mass is 10.0. The molecule has 0 saturated carbocycles. The molecule has 0 radical (unpaired) electrons. The molecule has 2 heterocycles. The molecule has 2 aromatic carbocycles. The summed E-state index contributed by atoms with van der Waals surface area (Å²) >= 11 is 0. The normalized spacial score (nSPS) is 18.2. The second kappa shape index (κ2) is 7.91. The van der Waals surface area contributed by atoms with Crippen LogP contribution in [-0.2, 0) is 16.4 Å². The topological polar surface area (TPSA) is 67.6 Å². The van der Waals surface area contributed by atoms with Gasteiger partial charge in [-0.2, -0.15) is 0 Å². The van der Waals surface area contributed by atoms with Crippen molar-refractivity contribution in [3.63, 3.8) is 0 Å². The fraction of sp³-hybridized carbons (Fsp3) is 0.375. The summed E-state index contributed by atoms with van der Waals surface area (Å²) in [5, 5.41) is 0.904. The second-order valence-electron chi connectivity index (χ2n) is 8.44. The van der Waals surface area contributed by atoms with Gasteiger partial charge in [0.2, 0.25) is 0 Å². The highest BCUT2D eigenvalue weighted by Crippen LogP contribution is 2.29. The first-order valence-corrected chi connectivity index (χ1v) is 12.2. The zero-order valence-corrected chi connectivity index (χ0v) is 18.4. The quantitative estimate of drug-likeness (QED) is 0.595. The maximum absolute atomic E-state index is 13.6. The molecule has 6 heteroatoms. The first kappa shape index (κ1) is 20.7. The third kappa shape index (κ3) is 4.01. The molecule has 1 fully saturated rings. The number of carbonyl (C=O) groups is 1. The van der Waals surface area contributed by atoms with Crippen LogP contribution in [0.3, 0.4) is 0 Å². The smallest absolute Gasteiger partial charge is 0.290 e. The van der Waals surface area contributed by atoms with E-state index in [1.54, 1.807) is 4.90 Å². The van der Waals surface area contributed by atoms with Crippen molar-refractivity contribution in [3.05, 3.63) is 71.0 Å². The maximum atomic E-state index is 13.6. The Morgan fingerprint density at radius 3 is 2.43 bits per heavy atom. The van der Waals surface area contributed by atoms with E-state index >= 15 is 0 Å². The minimum Gasteiger partial charge on any atom is -0.451 e. The van der Waals surface area contributed by atoms with Crippen LogP contribution in [0.2, 0.25) is 0 Å². The van der Waals surface area contributed by atoms with Gasteiger partial charge in [0.1, 0.15) is 5.58 Å². The number of sulfone groups is 1. The number of amides is 1. The lowest BCUT2D eigenvalue weighted by Gasteiger charge is -2.28. The molecular formula is C24H27NO4S. The molecule has 1 saturated heterocycles. The van der Waals surface area contributed by atoms with Crippen LogP contribution in [0.5, 0.6) is 0 Å². The van der Waals surface area contributed by atoms with Gasteiger partial charge in [0.05, 0.1) is 11.5 Å². The molecule has 1 aromatic heterocycles. The Balaban J connectivity index is 1.69. The Morgan fingerprint density at radius 2 is 1.83 bits per heavy atom. The third-order valence-corrected chi connectivity index (χ3v) is 7.70. The maximum Gasteiger partial charge on any atom is 0.290 e. The molecule has 1 aliphatic heterocycles. The predicted octanol–water partition coefficient (Wildman–Crippen LogP) is 4.69. The number of benzene rings is 2. The highest BCUT2D eigenvalue weighted by molar-refractivity contribution is 7.91. The summed E-state index contributed by atoms with van der Waals surface area (Å²) < 4.78 is 30.1. The molecule has 4 rings (SSSR count). The summed E-state index contributed by atoms with van der Waals surface area (Å²) in [4.78, 5) is 15.2. The van der Waals surface area contributed by atoms with E-state index in [4.69, 9.17) is 4.42 Å². The Kier molecular flexibility index (Phi) is 5.45. The van der Waals surface area contributed by atoms with Gasteiger partial charge in [-0.1, -0.05) is 56.3 Å². The zero-order chi connectivity index (χ0) is 21.5. The number of rotatable bonds is 5. The number of hydrogen-bond donors (Lipinski definition) is 0. The van der Waals surface area contributed by atoms with Crippen LogP contribution in [0, 0.1) is 6.92 Å². The molecule has 5 nitrogen and oxygen atoms in total. The molecule has 3 aromatic rings. The molecule has 0 N–H and O–H groups in total. The zero-order valence-electron chi connectivity index (χ0n) is 17.6. The minimum atomic E-state index is -3.13. The van der Waals surface area contributed by atoms with Gasteiger partial charge in [0.15, 0.2) is 15.6 Å². The molecule has 1 aliphatic rings. The fourth-order valence-corrected chi connectivity index (χ4v) is 5.83. The van der Waals surface area contributed by atoms with Crippen molar-refractivity contribution < 1.29 is 17.6 Å². The average Bonchev–Trinajstić information content (AvgIpc) is 3.25. The summed E-state index contributed by atoms with van der Waals surface area (Å²) in [6.07, 6.45) is 0.456. The van der Waals surface area contributed by atoms with E-state index in [0.717, 1.165) is 16.5 Å². The van der Waals surface area contributed by atoms with Gasteiger partial charge in [-0.25, -0.2) is 8.42 Å². The van der Waals surface area contributed by atoms with Crippen molar-refractivity contribution in [2.45, 2.75) is 45.7 Å². The van der Waals surface area contributed by atoms with E-state index in [0.29, 0.717) is 30.2 Å². The lowest BCUT2D eigenvalue weighted by Crippen LogP contribution is -2.40. The number of carbonyl (C=O) groups excluding carboxylic acids is 1. The number of nitrogens with zero attached hydrogens (tertiary/aromatic N) is 1. The first-order chi connectivity index (χ1) is 14.2. The summed E-state index contributed by atoms with van der Waals surface area (Å²) in [7, 11) is -3.13. The predicted molar refractivity (Wildman–Crippen MR) is 118 cm³/mol. The Labute approximate surface area is 177 Å². The lowest BCUT2D eigenvalue weighted by molar-refractivity contribution is 0.0649. The van der Waals surface area contributed by atoms with Gasteiger partial charge in [0.25, 0.3) is 5.91 Å². The summed E-state index contributed by atoms with van der Waals surface area (Å²) in [6, 6.07) is 15.4. The highest BCUT2D eigenvalue weighted by Gasteiger charge is 2.36. The van der Waals surface area contributed by atoms with Crippen molar-refractivity contribution in [1.82, 2.24) is 4.90 Å². The average molecular weight is 426 g/mol. The van der Waals surface area contributed by atoms with Crippen molar-refractivity contribution in [2.24, 2.45) is 0 Å². The largest absolute Gasteiger partial charge is 0.451 e. The van der Waals surface area contributed by atoms with Crippen LogP contribution >= 0.6 is 0 Å². The number of furan rings is 1. The van der Waals surface area contributed by atoms with E-state index in [9.17, 15) is 13.2 Å². The number of fused-ring (bicyclic) bond motifs is 1. The molecule has 0 aliphatic carbocycles. The molecular weight excluding hydrogens is 398 g/mol. The molecule has 1 unspecified atom stereocenters. The van der Waals surface area contributed by atoms with Gasteiger partial charge >= 0.3 is 0 Å². The van der Waals surface area contributed by atoms with E-state index in [1.807, 2.05) is 43.3 Å². The van der Waals surface area contributed by atoms with Crippen molar-refractivity contribution >= 4 is 26.7 Å². The van der Waals surface area contributed by atoms with Crippen LogP contribution in [0.15, 0.2) is 52.9 Å². The van der Waals surface area contributed by atoms with Crippen LogP contribution in [0.25, 0.3) is 11.0 Å². The summed E-state index contributed by atoms with van der Waals surface area (Å²) in [6.45, 7) is 6.51. The Hall–Kier alpha value is -2.60. The van der Waals surface area contributed by atoms with Crippen LogP contribution in [0.4, 0.5) is 0 Å². The highest BCUT2D eigenvalue weighted by atomic mass is 32.2. The number of para-hydroxylation sites is 1. The molecule has 0 bridgehead atoms. The van der Waals surface area contributed by atoms with E-state index in [1.165, 1.54) is 5.56 Å². The number of hydrogen-bond acceptors (Lipinski definition) is 4. The van der Waals surface area contributed by atoms with Gasteiger partial charge in [-0.05, 0) is 36.5 Å². The first-order valence-electron chi connectivity index (χ1n) is 10.3. The van der Waals surface area contributed by atoms with Crippen LogP contribution < -0.4 is 0 Å². The molecule has 1 amide bonds.